The highest BCUT2D eigenvalue weighted by atomic mass is 127. The predicted molar refractivity (Wildman–Crippen MR) is 109 cm³/mol. The van der Waals surface area contributed by atoms with Gasteiger partial charge in [0.1, 0.15) is 0 Å². The third-order valence-corrected chi connectivity index (χ3v) is 3.13. The molecule has 0 aromatic heterocycles. The zero-order chi connectivity index (χ0) is 17.6. The number of nitro groups is 1. The molecule has 0 aliphatic rings. The average molecular weight is 466 g/mol. The Labute approximate surface area is 165 Å². The number of halogens is 1. The van der Waals surface area contributed by atoms with Crippen molar-refractivity contribution in [3.63, 3.8) is 0 Å². The lowest BCUT2D eigenvalue weighted by molar-refractivity contribution is -0.384. The maximum absolute atomic E-state index is 10.7. The van der Waals surface area contributed by atoms with Crippen LogP contribution in [0.3, 0.4) is 0 Å². The zero-order valence-corrected chi connectivity index (χ0v) is 17.0. The van der Waals surface area contributed by atoms with Gasteiger partial charge >= 0.3 is 0 Å². The van der Waals surface area contributed by atoms with E-state index >= 15 is 0 Å². The summed E-state index contributed by atoms with van der Waals surface area (Å²) in [6.07, 6.45) is 0.885. The molecule has 0 fully saturated rings. The van der Waals surface area contributed by atoms with Crippen molar-refractivity contribution in [2.24, 2.45) is 4.99 Å². The Balaban J connectivity index is 0.00000576. The first-order valence-corrected chi connectivity index (χ1v) is 7.99. The second-order valence-corrected chi connectivity index (χ2v) is 4.99. The summed E-state index contributed by atoms with van der Waals surface area (Å²) < 4.78 is 10.3. The highest BCUT2D eigenvalue weighted by molar-refractivity contribution is 14.0. The maximum Gasteiger partial charge on any atom is 0.269 e. The first-order valence-electron chi connectivity index (χ1n) is 7.99. The topological polar surface area (TPSA) is 98.0 Å². The van der Waals surface area contributed by atoms with Gasteiger partial charge < -0.3 is 20.1 Å². The molecule has 142 valence electrons. The van der Waals surface area contributed by atoms with Gasteiger partial charge in [0.15, 0.2) is 5.96 Å². The molecule has 1 aromatic rings. The second-order valence-electron chi connectivity index (χ2n) is 4.99. The van der Waals surface area contributed by atoms with Gasteiger partial charge in [0, 0.05) is 45.5 Å². The van der Waals surface area contributed by atoms with Crippen LogP contribution in [-0.4, -0.2) is 50.9 Å². The largest absolute Gasteiger partial charge is 0.383 e. The van der Waals surface area contributed by atoms with E-state index in [1.165, 1.54) is 12.1 Å². The fraction of sp³-hybridized carbons (Fsp3) is 0.562. The zero-order valence-electron chi connectivity index (χ0n) is 14.7. The fourth-order valence-corrected chi connectivity index (χ4v) is 1.86. The molecule has 0 heterocycles. The Morgan fingerprint density at radius 1 is 1.20 bits per heavy atom. The molecule has 0 aliphatic carbocycles. The standard InChI is InChI=1S/C16H26N4O4.HI/c1-3-24-11-4-9-17-16(18-10-12-23-2)19-13-14-5-7-15(8-6-14)20(21)22;/h5-8H,3-4,9-13H2,1-2H3,(H2,17,18,19);1H. The van der Waals surface area contributed by atoms with Gasteiger partial charge in [0.05, 0.1) is 18.1 Å². The summed E-state index contributed by atoms with van der Waals surface area (Å²) in [5, 5.41) is 17.1. The molecule has 2 N–H and O–H groups in total. The maximum atomic E-state index is 10.7. The van der Waals surface area contributed by atoms with E-state index < -0.39 is 4.92 Å². The predicted octanol–water partition coefficient (Wildman–Crippen LogP) is 2.32. The molecule has 1 rings (SSSR count). The molecule has 0 spiro atoms. The van der Waals surface area contributed by atoms with Crippen LogP contribution in [0.4, 0.5) is 5.69 Å². The van der Waals surface area contributed by atoms with Crippen LogP contribution in [0.5, 0.6) is 0 Å². The number of aliphatic imine (C=N–C) groups is 1. The number of nitrogens with one attached hydrogen (secondary N) is 2. The number of nitro benzene ring substituents is 1. The SMILES string of the molecule is CCOCCCNC(=NCc1ccc([N+](=O)[O-])cc1)NCCOC.I. The summed E-state index contributed by atoms with van der Waals surface area (Å²) in [6, 6.07) is 6.39. The van der Waals surface area contributed by atoms with Crippen LogP contribution in [0.2, 0.25) is 0 Å². The lowest BCUT2D eigenvalue weighted by Gasteiger charge is -2.12. The molecule has 8 nitrogen and oxygen atoms in total. The Morgan fingerprint density at radius 3 is 2.48 bits per heavy atom. The molecular weight excluding hydrogens is 439 g/mol. The smallest absolute Gasteiger partial charge is 0.269 e. The van der Waals surface area contributed by atoms with Crippen LogP contribution < -0.4 is 10.6 Å². The van der Waals surface area contributed by atoms with Gasteiger partial charge in [-0.05, 0) is 18.9 Å². The highest BCUT2D eigenvalue weighted by Gasteiger charge is 2.04. The monoisotopic (exact) mass is 466 g/mol. The molecule has 0 amide bonds. The van der Waals surface area contributed by atoms with Crippen LogP contribution in [0, 0.1) is 10.1 Å². The number of benzene rings is 1. The van der Waals surface area contributed by atoms with Gasteiger partial charge in [-0.25, -0.2) is 4.99 Å². The van der Waals surface area contributed by atoms with Crippen LogP contribution in [-0.2, 0) is 16.0 Å². The molecule has 25 heavy (non-hydrogen) atoms. The van der Waals surface area contributed by atoms with Crippen molar-refractivity contribution >= 4 is 35.6 Å². The second kappa shape index (κ2) is 14.8. The summed E-state index contributed by atoms with van der Waals surface area (Å²) >= 11 is 0. The summed E-state index contributed by atoms with van der Waals surface area (Å²) in [7, 11) is 1.64. The molecule has 9 heteroatoms. The number of non-ortho nitro benzene ring substituents is 1. The van der Waals surface area contributed by atoms with Gasteiger partial charge in [-0.1, -0.05) is 12.1 Å². The summed E-state index contributed by atoms with van der Waals surface area (Å²) in [4.78, 5) is 14.7. The van der Waals surface area contributed by atoms with E-state index in [-0.39, 0.29) is 29.7 Å². The fourth-order valence-electron chi connectivity index (χ4n) is 1.86. The van der Waals surface area contributed by atoms with Gasteiger partial charge in [0.25, 0.3) is 5.69 Å². The third kappa shape index (κ3) is 10.9. The summed E-state index contributed by atoms with van der Waals surface area (Å²) in [5.74, 6) is 0.682. The number of hydrogen-bond acceptors (Lipinski definition) is 5. The van der Waals surface area contributed by atoms with E-state index in [9.17, 15) is 10.1 Å². The third-order valence-electron chi connectivity index (χ3n) is 3.13. The van der Waals surface area contributed by atoms with Gasteiger partial charge in [-0.2, -0.15) is 0 Å². The van der Waals surface area contributed by atoms with E-state index in [1.807, 2.05) is 6.92 Å². The van der Waals surface area contributed by atoms with Gasteiger partial charge in [-0.3, -0.25) is 10.1 Å². The average Bonchev–Trinajstić information content (AvgIpc) is 2.59. The Hall–Kier alpha value is -1.46. The van der Waals surface area contributed by atoms with E-state index in [0.29, 0.717) is 38.9 Å². The number of rotatable bonds is 11. The van der Waals surface area contributed by atoms with Gasteiger partial charge in [-0.15, -0.1) is 24.0 Å². The number of guanidine groups is 1. The number of hydrogen-bond donors (Lipinski definition) is 2. The Kier molecular flexibility index (Phi) is 14.0. The van der Waals surface area contributed by atoms with E-state index in [2.05, 4.69) is 15.6 Å². The molecule has 1 aromatic carbocycles. The molecule has 0 aliphatic heterocycles. The molecule has 0 atom stereocenters. The minimum Gasteiger partial charge on any atom is -0.383 e. The van der Waals surface area contributed by atoms with Crippen LogP contribution in [0.1, 0.15) is 18.9 Å². The van der Waals surface area contributed by atoms with Crippen molar-refractivity contribution in [3.8, 4) is 0 Å². The van der Waals surface area contributed by atoms with E-state index in [1.54, 1.807) is 19.2 Å². The lowest BCUT2D eigenvalue weighted by atomic mass is 10.2. The quantitative estimate of drug-likeness (QED) is 0.130. The number of methoxy groups -OCH3 is 1. The minimum absolute atomic E-state index is 0. The summed E-state index contributed by atoms with van der Waals surface area (Å²) in [6.45, 7) is 5.80. The summed E-state index contributed by atoms with van der Waals surface area (Å²) in [5.41, 5.74) is 0.984. The normalized spacial score (nSPS) is 10.9. The highest BCUT2D eigenvalue weighted by Crippen LogP contribution is 2.12. The number of nitrogens with zero attached hydrogens (tertiary/aromatic N) is 2. The van der Waals surface area contributed by atoms with Gasteiger partial charge in [0.2, 0.25) is 0 Å². The molecule has 0 bridgehead atoms. The van der Waals surface area contributed by atoms with E-state index in [0.717, 1.165) is 18.5 Å². The lowest BCUT2D eigenvalue weighted by Crippen LogP contribution is -2.39. The van der Waals surface area contributed by atoms with Crippen molar-refractivity contribution < 1.29 is 14.4 Å². The first kappa shape index (κ1) is 23.5. The molecular formula is C16H27IN4O4. The van der Waals surface area contributed by atoms with Crippen molar-refractivity contribution in [2.75, 3.05) is 40.0 Å². The van der Waals surface area contributed by atoms with Crippen molar-refractivity contribution in [1.29, 1.82) is 0 Å². The van der Waals surface area contributed by atoms with E-state index in [4.69, 9.17) is 9.47 Å². The minimum atomic E-state index is -0.412. The van der Waals surface area contributed by atoms with Crippen LogP contribution in [0.15, 0.2) is 29.3 Å². The Bertz CT molecular complexity index is 511. The van der Waals surface area contributed by atoms with Crippen LogP contribution >= 0.6 is 24.0 Å². The number of ether oxygens (including phenoxy) is 2. The molecule has 0 unspecified atom stereocenters. The first-order chi connectivity index (χ1) is 11.7. The Morgan fingerprint density at radius 2 is 1.88 bits per heavy atom. The molecule has 0 radical (unpaired) electrons. The van der Waals surface area contributed by atoms with Crippen molar-refractivity contribution in [3.05, 3.63) is 39.9 Å². The molecule has 0 saturated carbocycles. The van der Waals surface area contributed by atoms with Crippen molar-refractivity contribution in [1.82, 2.24) is 10.6 Å². The molecule has 0 saturated heterocycles. The van der Waals surface area contributed by atoms with Crippen LogP contribution in [0.25, 0.3) is 0 Å². The van der Waals surface area contributed by atoms with Crippen molar-refractivity contribution in [2.45, 2.75) is 19.9 Å².